The lowest BCUT2D eigenvalue weighted by Crippen LogP contribution is -2.12. The first-order valence-electron chi connectivity index (χ1n) is 3.91. The Morgan fingerprint density at radius 2 is 1.93 bits per heavy atom. The van der Waals surface area contributed by atoms with Crippen LogP contribution in [0.15, 0.2) is 21.1 Å². The lowest BCUT2D eigenvalue weighted by Gasteiger charge is -2.14. The molecule has 0 amide bonds. The van der Waals surface area contributed by atoms with Crippen LogP contribution in [-0.2, 0) is 4.79 Å². The first kappa shape index (κ1) is 12.5. The number of aliphatic hydroxyl groups is 1. The monoisotopic (exact) mass is 338 g/mol. The molecule has 15 heavy (non-hydrogen) atoms. The van der Waals surface area contributed by atoms with E-state index in [2.05, 4.69) is 31.9 Å². The Labute approximate surface area is 103 Å². The molecule has 0 fully saturated rings. The van der Waals surface area contributed by atoms with E-state index < -0.39 is 12.1 Å². The lowest BCUT2D eigenvalue weighted by atomic mass is 10.1. The molecule has 0 spiro atoms. The van der Waals surface area contributed by atoms with Gasteiger partial charge >= 0.3 is 5.97 Å². The maximum Gasteiger partial charge on any atom is 0.337 e. The third-order valence-corrected chi connectivity index (χ3v) is 3.12. The molecule has 82 valence electrons. The highest BCUT2D eigenvalue weighted by atomic mass is 79.9. The molecular weight excluding hydrogens is 332 g/mol. The van der Waals surface area contributed by atoms with Gasteiger partial charge in [0.15, 0.2) is 6.10 Å². The molecule has 0 saturated heterocycles. The van der Waals surface area contributed by atoms with Crippen molar-refractivity contribution in [3.8, 4) is 5.75 Å². The van der Waals surface area contributed by atoms with Gasteiger partial charge in [0.25, 0.3) is 0 Å². The van der Waals surface area contributed by atoms with E-state index in [0.29, 0.717) is 14.7 Å². The minimum absolute atomic E-state index is 0.194. The standard InChI is InChI=1S/C9H8Br2O4/c1-15-8-5(11)3-2-4(10)6(8)7(12)9(13)14/h2-3,7,12H,1H3,(H,13,14). The zero-order valence-electron chi connectivity index (χ0n) is 7.70. The van der Waals surface area contributed by atoms with Crippen LogP contribution in [0.4, 0.5) is 0 Å². The highest BCUT2D eigenvalue weighted by molar-refractivity contribution is 9.11. The molecule has 0 aliphatic heterocycles. The maximum atomic E-state index is 10.7. The summed E-state index contributed by atoms with van der Waals surface area (Å²) in [4.78, 5) is 10.7. The fourth-order valence-electron chi connectivity index (χ4n) is 1.13. The number of carbonyl (C=O) groups is 1. The molecule has 1 unspecified atom stereocenters. The molecule has 0 bridgehead atoms. The van der Waals surface area contributed by atoms with Gasteiger partial charge in [-0.1, -0.05) is 15.9 Å². The van der Waals surface area contributed by atoms with Crippen LogP contribution in [0, 0.1) is 0 Å². The summed E-state index contributed by atoms with van der Waals surface area (Å²) in [6, 6.07) is 3.33. The van der Waals surface area contributed by atoms with Crippen LogP contribution in [0.2, 0.25) is 0 Å². The maximum absolute atomic E-state index is 10.7. The van der Waals surface area contributed by atoms with Gasteiger partial charge in [0.2, 0.25) is 0 Å². The summed E-state index contributed by atoms with van der Waals surface area (Å²) >= 11 is 6.38. The van der Waals surface area contributed by atoms with Gasteiger partial charge in [0, 0.05) is 10.0 Å². The molecule has 0 heterocycles. The number of aliphatic hydroxyl groups excluding tert-OH is 1. The van der Waals surface area contributed by atoms with Gasteiger partial charge in [-0.2, -0.15) is 0 Å². The van der Waals surface area contributed by atoms with Crippen molar-refractivity contribution in [2.45, 2.75) is 6.10 Å². The van der Waals surface area contributed by atoms with Crippen LogP contribution >= 0.6 is 31.9 Å². The van der Waals surface area contributed by atoms with Crippen LogP contribution in [0.1, 0.15) is 11.7 Å². The quantitative estimate of drug-likeness (QED) is 0.887. The van der Waals surface area contributed by atoms with Crippen molar-refractivity contribution < 1.29 is 19.7 Å². The number of hydrogen-bond donors (Lipinski definition) is 2. The largest absolute Gasteiger partial charge is 0.495 e. The Balaban J connectivity index is 3.37. The molecule has 0 aliphatic carbocycles. The van der Waals surface area contributed by atoms with Crippen molar-refractivity contribution in [1.82, 2.24) is 0 Å². The summed E-state index contributed by atoms with van der Waals surface area (Å²) in [6.45, 7) is 0. The third-order valence-electron chi connectivity index (χ3n) is 1.81. The smallest absolute Gasteiger partial charge is 0.337 e. The molecule has 1 rings (SSSR count). The van der Waals surface area contributed by atoms with E-state index in [1.54, 1.807) is 12.1 Å². The van der Waals surface area contributed by atoms with Crippen molar-refractivity contribution >= 4 is 37.8 Å². The summed E-state index contributed by atoms with van der Waals surface area (Å²) in [5.74, 6) is -1.02. The number of aliphatic carboxylic acids is 1. The number of halogens is 2. The van der Waals surface area contributed by atoms with Gasteiger partial charge in [-0.3, -0.25) is 0 Å². The van der Waals surface area contributed by atoms with Gasteiger partial charge in [-0.15, -0.1) is 0 Å². The molecule has 0 saturated carbocycles. The van der Waals surface area contributed by atoms with Crippen molar-refractivity contribution in [3.63, 3.8) is 0 Å². The molecule has 0 aromatic heterocycles. The summed E-state index contributed by atoms with van der Waals surface area (Å²) in [7, 11) is 1.41. The Hall–Kier alpha value is -0.590. The summed E-state index contributed by atoms with van der Waals surface area (Å²) < 4.78 is 6.10. The lowest BCUT2D eigenvalue weighted by molar-refractivity contribution is -0.147. The highest BCUT2D eigenvalue weighted by Gasteiger charge is 2.24. The molecule has 0 aliphatic rings. The zero-order chi connectivity index (χ0) is 11.6. The van der Waals surface area contributed by atoms with Crippen LogP contribution in [0.25, 0.3) is 0 Å². The molecule has 1 atom stereocenters. The fraction of sp³-hybridized carbons (Fsp3) is 0.222. The Bertz CT molecular complexity index is 392. The predicted octanol–water partition coefficient (Wildman–Crippen LogP) is 2.34. The van der Waals surface area contributed by atoms with Gasteiger partial charge < -0.3 is 14.9 Å². The van der Waals surface area contributed by atoms with Crippen LogP contribution < -0.4 is 4.74 Å². The fourth-order valence-corrected chi connectivity index (χ4v) is 2.17. The highest BCUT2D eigenvalue weighted by Crippen LogP contribution is 2.38. The number of ether oxygens (including phenoxy) is 1. The number of carboxylic acids is 1. The Morgan fingerprint density at radius 3 is 2.40 bits per heavy atom. The number of carboxylic acid groups (broad SMARTS) is 1. The van der Waals surface area contributed by atoms with E-state index in [1.807, 2.05) is 0 Å². The number of hydrogen-bond acceptors (Lipinski definition) is 3. The number of rotatable bonds is 3. The molecular formula is C9H8Br2O4. The summed E-state index contributed by atoms with van der Waals surface area (Å²) in [6.07, 6.45) is -1.62. The SMILES string of the molecule is COc1c(Br)ccc(Br)c1C(O)C(=O)O. The van der Waals surface area contributed by atoms with Gasteiger partial charge in [0.05, 0.1) is 11.6 Å². The van der Waals surface area contributed by atoms with E-state index in [9.17, 15) is 9.90 Å². The molecule has 4 nitrogen and oxygen atoms in total. The van der Waals surface area contributed by atoms with Crippen molar-refractivity contribution in [3.05, 3.63) is 26.6 Å². The van der Waals surface area contributed by atoms with E-state index in [0.717, 1.165) is 0 Å². The zero-order valence-corrected chi connectivity index (χ0v) is 10.9. The summed E-state index contributed by atoms with van der Waals surface area (Å²) in [5, 5.41) is 18.2. The Kier molecular flexibility index (Phi) is 4.12. The average molecular weight is 340 g/mol. The number of benzene rings is 1. The minimum atomic E-state index is -1.62. The molecule has 1 aromatic carbocycles. The minimum Gasteiger partial charge on any atom is -0.495 e. The first-order chi connectivity index (χ1) is 6.99. The van der Waals surface area contributed by atoms with Crippen LogP contribution in [-0.4, -0.2) is 23.3 Å². The van der Waals surface area contributed by atoms with E-state index in [4.69, 9.17) is 9.84 Å². The van der Waals surface area contributed by atoms with Crippen LogP contribution in [0.3, 0.4) is 0 Å². The number of methoxy groups -OCH3 is 1. The Morgan fingerprint density at radius 1 is 1.40 bits per heavy atom. The van der Waals surface area contributed by atoms with Crippen LogP contribution in [0.5, 0.6) is 5.75 Å². The second-order valence-electron chi connectivity index (χ2n) is 2.72. The van der Waals surface area contributed by atoms with E-state index in [1.165, 1.54) is 7.11 Å². The normalized spacial score (nSPS) is 12.3. The van der Waals surface area contributed by atoms with Gasteiger partial charge in [0.1, 0.15) is 5.75 Å². The topological polar surface area (TPSA) is 66.8 Å². The second kappa shape index (κ2) is 4.96. The molecule has 2 N–H and O–H groups in total. The van der Waals surface area contributed by atoms with Crippen molar-refractivity contribution in [2.75, 3.05) is 7.11 Å². The predicted molar refractivity (Wildman–Crippen MR) is 61.0 cm³/mol. The van der Waals surface area contributed by atoms with Gasteiger partial charge in [-0.05, 0) is 28.1 Å². The molecule has 6 heteroatoms. The summed E-state index contributed by atoms with van der Waals surface area (Å²) in [5.41, 5.74) is 0.194. The van der Waals surface area contributed by atoms with Crippen molar-refractivity contribution in [2.24, 2.45) is 0 Å². The van der Waals surface area contributed by atoms with Crippen molar-refractivity contribution in [1.29, 1.82) is 0 Å². The third kappa shape index (κ3) is 2.50. The van der Waals surface area contributed by atoms with Gasteiger partial charge in [-0.25, -0.2) is 4.79 Å². The molecule has 0 radical (unpaired) electrons. The average Bonchev–Trinajstić information content (AvgIpc) is 2.19. The van der Waals surface area contributed by atoms with E-state index in [-0.39, 0.29) is 5.56 Å². The second-order valence-corrected chi connectivity index (χ2v) is 4.43. The van der Waals surface area contributed by atoms with E-state index >= 15 is 0 Å². The molecule has 1 aromatic rings. The first-order valence-corrected chi connectivity index (χ1v) is 5.50.